The average Bonchev–Trinajstić information content (AvgIpc) is 2.74. The molecule has 0 unspecified atom stereocenters. The minimum absolute atomic E-state index is 0.189. The third-order valence-electron chi connectivity index (χ3n) is 5.59. The minimum atomic E-state index is -0.320. The second-order valence-electron chi connectivity index (χ2n) is 7.30. The normalized spacial score (nSPS) is 13.0. The summed E-state index contributed by atoms with van der Waals surface area (Å²) in [6.07, 6.45) is 3.72. The van der Waals surface area contributed by atoms with Crippen molar-refractivity contribution in [1.29, 1.82) is 0 Å². The van der Waals surface area contributed by atoms with E-state index in [1.165, 1.54) is 5.56 Å². The highest BCUT2D eigenvalue weighted by Crippen LogP contribution is 2.23. The highest BCUT2D eigenvalue weighted by atomic mass is 16.2. The van der Waals surface area contributed by atoms with Gasteiger partial charge < -0.3 is 9.88 Å². The number of amides is 1. The standard InChI is InChI=1S/C24H20N2O2/c27-23-20-12-4-8-17-10-5-13-26(22(17)20)15-21(23)24(28)25-14-18-9-3-7-16-6-1-2-11-19(16)18/h1-4,6-9,11-12,15H,5,10,13-14H2,(H,25,28). The summed E-state index contributed by atoms with van der Waals surface area (Å²) >= 11 is 0. The lowest BCUT2D eigenvalue weighted by Gasteiger charge is -2.20. The Morgan fingerprint density at radius 3 is 2.68 bits per heavy atom. The van der Waals surface area contributed by atoms with Crippen LogP contribution in [0.5, 0.6) is 0 Å². The number of hydrogen-bond donors (Lipinski definition) is 1. The molecule has 0 spiro atoms. The van der Waals surface area contributed by atoms with Gasteiger partial charge in [0.05, 0.1) is 5.52 Å². The molecule has 0 saturated carbocycles. The van der Waals surface area contributed by atoms with Crippen molar-refractivity contribution in [3.8, 4) is 0 Å². The third kappa shape index (κ3) is 2.69. The first-order valence-corrected chi connectivity index (χ1v) is 9.62. The van der Waals surface area contributed by atoms with Crippen LogP contribution in [0.4, 0.5) is 0 Å². The van der Waals surface area contributed by atoms with Crippen molar-refractivity contribution >= 4 is 27.6 Å². The van der Waals surface area contributed by atoms with Gasteiger partial charge in [-0.1, -0.05) is 54.6 Å². The van der Waals surface area contributed by atoms with Crippen LogP contribution in [0.1, 0.15) is 27.9 Å². The fourth-order valence-electron chi connectivity index (χ4n) is 4.23. The molecule has 1 aliphatic rings. The van der Waals surface area contributed by atoms with Gasteiger partial charge >= 0.3 is 0 Å². The van der Waals surface area contributed by atoms with Crippen molar-refractivity contribution in [2.45, 2.75) is 25.9 Å². The molecule has 0 fully saturated rings. The lowest BCUT2D eigenvalue weighted by atomic mass is 9.99. The number of aryl methyl sites for hydroxylation is 2. The molecule has 1 aliphatic heterocycles. The molecule has 4 aromatic rings. The lowest BCUT2D eigenvalue weighted by molar-refractivity contribution is 0.0949. The fourth-order valence-corrected chi connectivity index (χ4v) is 4.23. The third-order valence-corrected chi connectivity index (χ3v) is 5.59. The maximum atomic E-state index is 13.0. The molecular formula is C24H20N2O2. The van der Waals surface area contributed by atoms with E-state index < -0.39 is 0 Å². The van der Waals surface area contributed by atoms with E-state index in [2.05, 4.69) is 28.1 Å². The highest BCUT2D eigenvalue weighted by molar-refractivity contribution is 5.98. The molecule has 3 aromatic carbocycles. The maximum absolute atomic E-state index is 13.0. The molecule has 0 radical (unpaired) electrons. The predicted molar refractivity (Wildman–Crippen MR) is 112 cm³/mol. The van der Waals surface area contributed by atoms with Crippen molar-refractivity contribution in [3.05, 3.63) is 93.8 Å². The molecule has 5 rings (SSSR count). The zero-order valence-corrected chi connectivity index (χ0v) is 15.4. The Kier molecular flexibility index (Phi) is 3.97. The summed E-state index contributed by atoms with van der Waals surface area (Å²) in [5.41, 5.74) is 3.22. The second kappa shape index (κ2) is 6.64. The first-order chi connectivity index (χ1) is 13.7. The van der Waals surface area contributed by atoms with Crippen molar-refractivity contribution in [3.63, 3.8) is 0 Å². The molecular weight excluding hydrogens is 348 g/mol. The average molecular weight is 368 g/mol. The highest BCUT2D eigenvalue weighted by Gasteiger charge is 2.19. The van der Waals surface area contributed by atoms with E-state index in [1.807, 2.05) is 42.5 Å². The van der Waals surface area contributed by atoms with E-state index in [9.17, 15) is 9.59 Å². The largest absolute Gasteiger partial charge is 0.348 e. The number of para-hydroxylation sites is 1. The molecule has 0 bridgehead atoms. The Morgan fingerprint density at radius 1 is 0.964 bits per heavy atom. The number of benzene rings is 3. The monoisotopic (exact) mass is 368 g/mol. The van der Waals surface area contributed by atoms with E-state index >= 15 is 0 Å². The summed E-state index contributed by atoms with van der Waals surface area (Å²) in [7, 11) is 0. The van der Waals surface area contributed by atoms with Gasteiger partial charge in [-0.3, -0.25) is 9.59 Å². The molecule has 4 heteroatoms. The smallest absolute Gasteiger partial charge is 0.257 e. The minimum Gasteiger partial charge on any atom is -0.348 e. The zero-order valence-electron chi connectivity index (χ0n) is 15.4. The van der Waals surface area contributed by atoms with E-state index in [1.54, 1.807) is 6.20 Å². The van der Waals surface area contributed by atoms with E-state index in [-0.39, 0.29) is 16.9 Å². The summed E-state index contributed by atoms with van der Waals surface area (Å²) in [5.74, 6) is -0.320. The molecule has 0 atom stereocenters. The topological polar surface area (TPSA) is 51.1 Å². The number of aromatic nitrogens is 1. The van der Waals surface area contributed by atoms with Crippen LogP contribution >= 0.6 is 0 Å². The number of nitrogens with zero attached hydrogens (tertiary/aromatic N) is 1. The number of carbonyl (C=O) groups is 1. The van der Waals surface area contributed by atoms with Gasteiger partial charge in [0.1, 0.15) is 5.56 Å². The quantitative estimate of drug-likeness (QED) is 0.594. The summed E-state index contributed by atoms with van der Waals surface area (Å²) in [6, 6.07) is 19.9. The Balaban J connectivity index is 1.50. The fraction of sp³-hybridized carbons (Fsp3) is 0.167. The molecule has 4 nitrogen and oxygen atoms in total. The van der Waals surface area contributed by atoms with Crippen molar-refractivity contribution in [1.82, 2.24) is 9.88 Å². The molecule has 1 amide bonds. The van der Waals surface area contributed by atoms with Crippen LogP contribution in [0, 0.1) is 0 Å². The lowest BCUT2D eigenvalue weighted by Crippen LogP contribution is -2.30. The van der Waals surface area contributed by atoms with Gasteiger partial charge in [-0.15, -0.1) is 0 Å². The van der Waals surface area contributed by atoms with Crippen molar-refractivity contribution < 1.29 is 4.79 Å². The molecule has 0 saturated heterocycles. The molecule has 138 valence electrons. The van der Waals surface area contributed by atoms with Crippen LogP contribution in [-0.2, 0) is 19.5 Å². The Bertz CT molecular complexity index is 1280. The van der Waals surface area contributed by atoms with Gasteiger partial charge in [0.25, 0.3) is 5.91 Å². The molecule has 2 heterocycles. The predicted octanol–water partition coefficient (Wildman–Crippen LogP) is 4.03. The van der Waals surface area contributed by atoms with Gasteiger partial charge in [0, 0.05) is 24.7 Å². The molecule has 1 aromatic heterocycles. The first-order valence-electron chi connectivity index (χ1n) is 9.62. The van der Waals surface area contributed by atoms with Gasteiger partial charge in [0.2, 0.25) is 5.43 Å². The van der Waals surface area contributed by atoms with Crippen LogP contribution in [0.25, 0.3) is 21.7 Å². The Hall–Kier alpha value is -3.40. The first kappa shape index (κ1) is 16.8. The van der Waals surface area contributed by atoms with E-state index in [0.717, 1.165) is 41.2 Å². The number of fused-ring (bicyclic) bond motifs is 1. The van der Waals surface area contributed by atoms with Crippen LogP contribution in [0.15, 0.2) is 71.7 Å². The van der Waals surface area contributed by atoms with Gasteiger partial charge in [0.15, 0.2) is 0 Å². The van der Waals surface area contributed by atoms with Gasteiger partial charge in [-0.05, 0) is 40.8 Å². The van der Waals surface area contributed by atoms with E-state index in [0.29, 0.717) is 11.9 Å². The van der Waals surface area contributed by atoms with Crippen LogP contribution in [0.2, 0.25) is 0 Å². The summed E-state index contributed by atoms with van der Waals surface area (Å²) in [6.45, 7) is 1.22. The van der Waals surface area contributed by atoms with Crippen molar-refractivity contribution in [2.75, 3.05) is 0 Å². The van der Waals surface area contributed by atoms with Crippen LogP contribution < -0.4 is 10.7 Å². The van der Waals surface area contributed by atoms with E-state index in [4.69, 9.17) is 0 Å². The molecule has 1 N–H and O–H groups in total. The number of hydrogen-bond acceptors (Lipinski definition) is 2. The summed E-state index contributed by atoms with van der Waals surface area (Å²) < 4.78 is 2.06. The van der Waals surface area contributed by atoms with Crippen LogP contribution in [-0.4, -0.2) is 10.5 Å². The summed E-state index contributed by atoms with van der Waals surface area (Å²) in [5, 5.41) is 5.83. The van der Waals surface area contributed by atoms with Crippen LogP contribution in [0.3, 0.4) is 0 Å². The number of pyridine rings is 1. The number of carbonyl (C=O) groups excluding carboxylic acids is 1. The number of nitrogens with one attached hydrogen (secondary N) is 1. The summed E-state index contributed by atoms with van der Waals surface area (Å²) in [4.78, 5) is 25.8. The van der Waals surface area contributed by atoms with Crippen molar-refractivity contribution in [2.24, 2.45) is 0 Å². The molecule has 28 heavy (non-hydrogen) atoms. The molecule has 0 aliphatic carbocycles. The van der Waals surface area contributed by atoms with Gasteiger partial charge in [-0.2, -0.15) is 0 Å². The zero-order chi connectivity index (χ0) is 19.1. The van der Waals surface area contributed by atoms with Gasteiger partial charge in [-0.25, -0.2) is 0 Å². The Labute approximate surface area is 162 Å². The Morgan fingerprint density at radius 2 is 1.75 bits per heavy atom. The maximum Gasteiger partial charge on any atom is 0.257 e. The SMILES string of the molecule is O=C(NCc1cccc2ccccc12)c1cn2c3c(cccc3c1=O)CCC2. The second-order valence-corrected chi connectivity index (χ2v) is 7.30. The number of rotatable bonds is 3.